The lowest BCUT2D eigenvalue weighted by atomic mass is 10.3. The zero-order valence-corrected chi connectivity index (χ0v) is 9.61. The second-order valence-corrected chi connectivity index (χ2v) is 5.60. The SMILES string of the molecule is Nc1ccc(SN2CCSCC2)cc1. The van der Waals surface area contributed by atoms with E-state index in [1.54, 1.807) is 0 Å². The van der Waals surface area contributed by atoms with Crippen LogP contribution in [0.1, 0.15) is 0 Å². The van der Waals surface area contributed by atoms with Crippen molar-refractivity contribution in [3.63, 3.8) is 0 Å². The standard InChI is InChI=1S/C10H14N2S2/c11-9-1-3-10(4-2-9)14-12-5-7-13-8-6-12/h1-4H,5-8,11H2. The molecule has 1 fully saturated rings. The van der Waals surface area contributed by atoms with Gasteiger partial charge in [-0.1, -0.05) is 0 Å². The Morgan fingerprint density at radius 3 is 2.43 bits per heavy atom. The van der Waals surface area contributed by atoms with Crippen LogP contribution in [0.5, 0.6) is 0 Å². The summed E-state index contributed by atoms with van der Waals surface area (Å²) in [7, 11) is 0. The van der Waals surface area contributed by atoms with E-state index in [4.69, 9.17) is 5.73 Å². The predicted octanol–water partition coefficient (Wildman–Crippen LogP) is 2.32. The van der Waals surface area contributed by atoms with Crippen molar-refractivity contribution in [1.82, 2.24) is 4.31 Å². The molecule has 0 amide bonds. The van der Waals surface area contributed by atoms with Crippen LogP contribution in [-0.2, 0) is 0 Å². The molecular formula is C10H14N2S2. The highest BCUT2D eigenvalue weighted by atomic mass is 32.2. The van der Waals surface area contributed by atoms with E-state index in [1.165, 1.54) is 29.5 Å². The highest BCUT2D eigenvalue weighted by Crippen LogP contribution is 2.25. The number of anilines is 1. The molecule has 1 aromatic rings. The number of thioether (sulfide) groups is 1. The fraction of sp³-hybridized carbons (Fsp3) is 0.400. The van der Waals surface area contributed by atoms with Gasteiger partial charge in [-0.3, -0.25) is 0 Å². The monoisotopic (exact) mass is 226 g/mol. The number of nitrogen functional groups attached to an aromatic ring is 1. The van der Waals surface area contributed by atoms with Gasteiger partial charge in [0.15, 0.2) is 0 Å². The van der Waals surface area contributed by atoms with Crippen LogP contribution in [0.4, 0.5) is 5.69 Å². The first-order chi connectivity index (χ1) is 6.84. The molecule has 1 saturated heterocycles. The average Bonchev–Trinajstić information content (AvgIpc) is 2.23. The van der Waals surface area contributed by atoms with Crippen LogP contribution >= 0.6 is 23.7 Å². The van der Waals surface area contributed by atoms with E-state index in [0.717, 1.165) is 5.69 Å². The molecule has 0 aliphatic carbocycles. The Bertz CT molecular complexity index is 281. The number of nitrogens with two attached hydrogens (primary N) is 1. The van der Waals surface area contributed by atoms with E-state index >= 15 is 0 Å². The molecule has 0 spiro atoms. The van der Waals surface area contributed by atoms with Crippen LogP contribution in [0.3, 0.4) is 0 Å². The third-order valence-electron chi connectivity index (χ3n) is 2.08. The summed E-state index contributed by atoms with van der Waals surface area (Å²) in [5.41, 5.74) is 6.47. The molecule has 4 heteroatoms. The minimum absolute atomic E-state index is 0.837. The highest BCUT2D eigenvalue weighted by Gasteiger charge is 2.11. The number of rotatable bonds is 2. The first kappa shape index (κ1) is 10.2. The van der Waals surface area contributed by atoms with Gasteiger partial charge in [-0.15, -0.1) is 0 Å². The summed E-state index contributed by atoms with van der Waals surface area (Å²) in [4.78, 5) is 1.28. The van der Waals surface area contributed by atoms with Gasteiger partial charge in [-0.25, -0.2) is 4.31 Å². The van der Waals surface area contributed by atoms with Crippen LogP contribution in [0.15, 0.2) is 29.2 Å². The van der Waals surface area contributed by atoms with E-state index in [1.807, 2.05) is 35.8 Å². The van der Waals surface area contributed by atoms with Gasteiger partial charge in [-0.05, 0) is 36.2 Å². The summed E-state index contributed by atoms with van der Waals surface area (Å²) in [5, 5.41) is 0. The summed E-state index contributed by atoms with van der Waals surface area (Å²) in [5.74, 6) is 2.50. The van der Waals surface area contributed by atoms with Gasteiger partial charge in [-0.2, -0.15) is 11.8 Å². The molecule has 1 aliphatic heterocycles. The van der Waals surface area contributed by atoms with Crippen molar-refractivity contribution in [2.75, 3.05) is 30.3 Å². The van der Waals surface area contributed by atoms with Gasteiger partial charge in [0.25, 0.3) is 0 Å². The Labute approximate surface area is 93.4 Å². The Kier molecular flexibility index (Phi) is 3.61. The molecule has 0 unspecified atom stereocenters. The van der Waals surface area contributed by atoms with Crippen molar-refractivity contribution in [3.8, 4) is 0 Å². The number of hydrogen-bond donors (Lipinski definition) is 1. The lowest BCUT2D eigenvalue weighted by Crippen LogP contribution is -2.26. The molecule has 0 radical (unpaired) electrons. The molecule has 1 heterocycles. The van der Waals surface area contributed by atoms with Gasteiger partial charge in [0.05, 0.1) is 0 Å². The molecule has 0 bridgehead atoms. The van der Waals surface area contributed by atoms with Gasteiger partial charge >= 0.3 is 0 Å². The lowest BCUT2D eigenvalue weighted by Gasteiger charge is -2.24. The first-order valence-corrected chi connectivity index (χ1v) is 6.63. The van der Waals surface area contributed by atoms with Crippen LogP contribution in [0.2, 0.25) is 0 Å². The third kappa shape index (κ3) is 2.83. The Hall–Kier alpha value is -0.320. The fourth-order valence-corrected chi connectivity index (χ4v) is 3.37. The van der Waals surface area contributed by atoms with Crippen LogP contribution in [-0.4, -0.2) is 28.9 Å². The fourth-order valence-electron chi connectivity index (χ4n) is 1.32. The van der Waals surface area contributed by atoms with Crippen LogP contribution < -0.4 is 5.73 Å². The number of benzene rings is 1. The topological polar surface area (TPSA) is 29.3 Å². The van der Waals surface area contributed by atoms with E-state index in [0.29, 0.717) is 0 Å². The van der Waals surface area contributed by atoms with Crippen molar-refractivity contribution in [3.05, 3.63) is 24.3 Å². The van der Waals surface area contributed by atoms with Crippen molar-refractivity contribution in [1.29, 1.82) is 0 Å². The summed E-state index contributed by atoms with van der Waals surface area (Å²) in [6.07, 6.45) is 0. The Morgan fingerprint density at radius 1 is 1.14 bits per heavy atom. The van der Waals surface area contributed by atoms with Gasteiger partial charge in [0, 0.05) is 35.2 Å². The minimum Gasteiger partial charge on any atom is -0.399 e. The first-order valence-electron chi connectivity index (χ1n) is 4.71. The quantitative estimate of drug-likeness (QED) is 0.619. The Balaban J connectivity index is 1.92. The van der Waals surface area contributed by atoms with Crippen LogP contribution in [0.25, 0.3) is 0 Å². The lowest BCUT2D eigenvalue weighted by molar-refractivity contribution is 0.522. The number of hydrogen-bond acceptors (Lipinski definition) is 4. The maximum atomic E-state index is 5.63. The molecule has 2 rings (SSSR count). The molecule has 76 valence electrons. The maximum Gasteiger partial charge on any atom is 0.0314 e. The number of nitrogens with zero attached hydrogens (tertiary/aromatic N) is 1. The minimum atomic E-state index is 0.837. The summed E-state index contributed by atoms with van der Waals surface area (Å²) in [6.45, 7) is 2.36. The normalized spacial score (nSPS) is 18.3. The summed E-state index contributed by atoms with van der Waals surface area (Å²) < 4.78 is 2.42. The van der Waals surface area contributed by atoms with E-state index in [9.17, 15) is 0 Å². The van der Waals surface area contributed by atoms with Gasteiger partial charge in [0.1, 0.15) is 0 Å². The largest absolute Gasteiger partial charge is 0.399 e. The third-order valence-corrected chi connectivity index (χ3v) is 4.13. The van der Waals surface area contributed by atoms with E-state index in [-0.39, 0.29) is 0 Å². The van der Waals surface area contributed by atoms with Crippen molar-refractivity contribution >= 4 is 29.4 Å². The highest BCUT2D eigenvalue weighted by molar-refractivity contribution is 8.00. The molecule has 2 nitrogen and oxygen atoms in total. The summed E-state index contributed by atoms with van der Waals surface area (Å²) in [6, 6.07) is 8.09. The molecule has 0 saturated carbocycles. The smallest absolute Gasteiger partial charge is 0.0314 e. The van der Waals surface area contributed by atoms with Crippen molar-refractivity contribution in [2.24, 2.45) is 0 Å². The molecular weight excluding hydrogens is 212 g/mol. The van der Waals surface area contributed by atoms with Gasteiger partial charge in [0.2, 0.25) is 0 Å². The van der Waals surface area contributed by atoms with Crippen molar-refractivity contribution < 1.29 is 0 Å². The average molecular weight is 226 g/mol. The zero-order chi connectivity index (χ0) is 9.80. The molecule has 0 aromatic heterocycles. The van der Waals surface area contributed by atoms with E-state index in [2.05, 4.69) is 16.4 Å². The Morgan fingerprint density at radius 2 is 1.79 bits per heavy atom. The molecule has 2 N–H and O–H groups in total. The predicted molar refractivity (Wildman–Crippen MR) is 65.6 cm³/mol. The molecule has 14 heavy (non-hydrogen) atoms. The second kappa shape index (κ2) is 4.96. The second-order valence-electron chi connectivity index (χ2n) is 3.20. The summed E-state index contributed by atoms with van der Waals surface area (Å²) >= 11 is 3.87. The van der Waals surface area contributed by atoms with Crippen molar-refractivity contribution in [2.45, 2.75) is 4.90 Å². The maximum absolute atomic E-state index is 5.63. The molecule has 0 atom stereocenters. The molecule has 1 aromatic carbocycles. The van der Waals surface area contributed by atoms with E-state index < -0.39 is 0 Å². The van der Waals surface area contributed by atoms with Gasteiger partial charge < -0.3 is 5.73 Å². The zero-order valence-electron chi connectivity index (χ0n) is 7.98. The van der Waals surface area contributed by atoms with Crippen LogP contribution in [0, 0.1) is 0 Å². The molecule has 1 aliphatic rings.